The van der Waals surface area contributed by atoms with Crippen molar-refractivity contribution in [2.24, 2.45) is 0 Å². The first-order chi connectivity index (χ1) is 12.7. The molecule has 0 fully saturated rings. The summed E-state index contributed by atoms with van der Waals surface area (Å²) in [5.74, 6) is -0.852. The molecular formula is C20H19ClFNO4. The number of aromatic carboxylic acids is 1. The van der Waals surface area contributed by atoms with Crippen molar-refractivity contribution >= 4 is 29.2 Å². The second-order valence-corrected chi connectivity index (χ2v) is 7.46. The molecule has 0 spiro atoms. The van der Waals surface area contributed by atoms with Gasteiger partial charge in [-0.05, 0) is 49.7 Å². The third kappa shape index (κ3) is 4.22. The lowest BCUT2D eigenvalue weighted by Gasteiger charge is -2.22. The first-order valence-electron chi connectivity index (χ1n) is 8.41. The average Bonchev–Trinajstić information content (AvgIpc) is 2.89. The van der Waals surface area contributed by atoms with E-state index in [9.17, 15) is 19.1 Å². The maximum absolute atomic E-state index is 13.8. The van der Waals surface area contributed by atoms with Crippen LogP contribution in [0.5, 0.6) is 5.75 Å². The zero-order valence-corrected chi connectivity index (χ0v) is 15.7. The molecule has 2 aromatic rings. The van der Waals surface area contributed by atoms with Gasteiger partial charge >= 0.3 is 5.97 Å². The molecule has 0 saturated heterocycles. The van der Waals surface area contributed by atoms with Crippen molar-refractivity contribution in [3.63, 3.8) is 0 Å². The highest BCUT2D eigenvalue weighted by Crippen LogP contribution is 2.35. The van der Waals surface area contributed by atoms with Crippen molar-refractivity contribution in [3.8, 4) is 5.75 Å². The summed E-state index contributed by atoms with van der Waals surface area (Å²) < 4.78 is 19.4. The van der Waals surface area contributed by atoms with E-state index in [0.29, 0.717) is 27.6 Å². The molecule has 5 nitrogen and oxygen atoms in total. The molecule has 142 valence electrons. The van der Waals surface area contributed by atoms with Crippen molar-refractivity contribution in [2.45, 2.75) is 32.5 Å². The molecule has 1 amide bonds. The lowest BCUT2D eigenvalue weighted by Crippen LogP contribution is -2.27. The number of halogens is 2. The molecule has 7 heteroatoms. The summed E-state index contributed by atoms with van der Waals surface area (Å²) in [7, 11) is 0. The number of amides is 1. The summed E-state index contributed by atoms with van der Waals surface area (Å²) in [6.45, 7) is 2.83. The van der Waals surface area contributed by atoms with E-state index in [0.717, 1.165) is 0 Å². The van der Waals surface area contributed by atoms with Crippen LogP contribution < -0.4 is 9.64 Å². The first-order valence-corrected chi connectivity index (χ1v) is 8.79. The number of benzene rings is 2. The van der Waals surface area contributed by atoms with Crippen LogP contribution in [0.3, 0.4) is 0 Å². The fourth-order valence-corrected chi connectivity index (χ4v) is 3.19. The van der Waals surface area contributed by atoms with Gasteiger partial charge in [-0.25, -0.2) is 9.18 Å². The van der Waals surface area contributed by atoms with Gasteiger partial charge in [0, 0.05) is 16.3 Å². The molecule has 0 aromatic heterocycles. The Morgan fingerprint density at radius 2 is 2.07 bits per heavy atom. The van der Waals surface area contributed by atoms with Crippen LogP contribution in [-0.4, -0.2) is 29.3 Å². The van der Waals surface area contributed by atoms with Crippen LogP contribution >= 0.6 is 11.6 Å². The molecule has 0 radical (unpaired) electrons. The maximum Gasteiger partial charge on any atom is 0.336 e. The van der Waals surface area contributed by atoms with E-state index in [4.69, 9.17) is 16.3 Å². The summed E-state index contributed by atoms with van der Waals surface area (Å²) in [6.07, 6.45) is 0.0199. The van der Waals surface area contributed by atoms with E-state index in [-0.39, 0.29) is 31.0 Å². The Kier molecular flexibility index (Phi) is 5.11. The number of nitrogens with zero attached hydrogens (tertiary/aromatic N) is 1. The molecule has 2 aromatic carbocycles. The molecule has 0 atom stereocenters. The predicted octanol–water partition coefficient (Wildman–Crippen LogP) is 4.25. The Morgan fingerprint density at radius 3 is 2.74 bits per heavy atom. The predicted molar refractivity (Wildman–Crippen MR) is 100 cm³/mol. The molecule has 0 unspecified atom stereocenters. The standard InChI is InChI=1S/C20H19ClFNO4/c1-20(2,22)11-27-17-7-6-13(21)8-12(17)10-23-16-5-3-4-14(19(25)26)15(16)9-18(23)24/h3-8H,9-11H2,1-2H3,(H,25,26). The molecule has 0 bridgehead atoms. The molecule has 1 N–H and O–H groups in total. The van der Waals surface area contributed by atoms with E-state index in [1.165, 1.54) is 24.8 Å². The van der Waals surface area contributed by atoms with Crippen molar-refractivity contribution in [2.75, 3.05) is 11.5 Å². The summed E-state index contributed by atoms with van der Waals surface area (Å²) in [5.41, 5.74) is 0.267. The molecular weight excluding hydrogens is 373 g/mol. The molecule has 1 heterocycles. The fraction of sp³-hybridized carbons (Fsp3) is 0.300. The second kappa shape index (κ2) is 7.19. The molecule has 27 heavy (non-hydrogen) atoms. The minimum atomic E-state index is -1.51. The summed E-state index contributed by atoms with van der Waals surface area (Å²) >= 11 is 6.08. The number of carbonyl (C=O) groups is 2. The van der Waals surface area contributed by atoms with E-state index >= 15 is 0 Å². The van der Waals surface area contributed by atoms with Gasteiger partial charge in [0.2, 0.25) is 5.91 Å². The van der Waals surface area contributed by atoms with Gasteiger partial charge in [-0.3, -0.25) is 4.79 Å². The SMILES string of the molecule is CC(C)(F)COc1ccc(Cl)cc1CN1C(=O)Cc2c(C(=O)O)cccc21. The highest BCUT2D eigenvalue weighted by atomic mass is 35.5. The van der Waals surface area contributed by atoms with E-state index in [2.05, 4.69) is 0 Å². The van der Waals surface area contributed by atoms with Gasteiger partial charge in [-0.15, -0.1) is 0 Å². The number of hydrogen-bond acceptors (Lipinski definition) is 3. The van der Waals surface area contributed by atoms with Crippen molar-refractivity contribution in [3.05, 3.63) is 58.1 Å². The largest absolute Gasteiger partial charge is 0.490 e. The molecule has 0 aliphatic carbocycles. The van der Waals surface area contributed by atoms with Gasteiger partial charge in [-0.1, -0.05) is 17.7 Å². The van der Waals surface area contributed by atoms with Gasteiger partial charge in [0.05, 0.1) is 18.5 Å². The molecule has 1 aliphatic heterocycles. The number of anilines is 1. The highest BCUT2D eigenvalue weighted by Gasteiger charge is 2.31. The van der Waals surface area contributed by atoms with Gasteiger partial charge in [0.1, 0.15) is 18.0 Å². The Balaban J connectivity index is 1.93. The van der Waals surface area contributed by atoms with Crippen LogP contribution in [0.15, 0.2) is 36.4 Å². The Hall–Kier alpha value is -2.60. The average molecular weight is 392 g/mol. The van der Waals surface area contributed by atoms with Crippen LogP contribution in [0.25, 0.3) is 0 Å². The van der Waals surface area contributed by atoms with Crippen molar-refractivity contribution < 1.29 is 23.8 Å². The maximum atomic E-state index is 13.8. The topological polar surface area (TPSA) is 66.8 Å². The van der Waals surface area contributed by atoms with Crippen LogP contribution in [-0.2, 0) is 17.8 Å². The molecule has 3 rings (SSSR count). The Labute approximate surface area is 161 Å². The van der Waals surface area contributed by atoms with Gasteiger partial charge in [0.15, 0.2) is 0 Å². The minimum absolute atomic E-state index is 0.0199. The van der Waals surface area contributed by atoms with E-state index < -0.39 is 11.6 Å². The van der Waals surface area contributed by atoms with Gasteiger partial charge in [0.25, 0.3) is 0 Å². The number of hydrogen-bond donors (Lipinski definition) is 1. The summed E-state index contributed by atoms with van der Waals surface area (Å²) in [4.78, 5) is 25.4. The van der Waals surface area contributed by atoms with Crippen molar-refractivity contribution in [1.82, 2.24) is 0 Å². The van der Waals surface area contributed by atoms with Crippen LogP contribution in [0.2, 0.25) is 5.02 Å². The Morgan fingerprint density at radius 1 is 1.33 bits per heavy atom. The van der Waals surface area contributed by atoms with Crippen LogP contribution in [0.4, 0.5) is 10.1 Å². The van der Waals surface area contributed by atoms with Gasteiger partial charge < -0.3 is 14.7 Å². The van der Waals surface area contributed by atoms with E-state index in [1.54, 1.807) is 30.3 Å². The zero-order chi connectivity index (χ0) is 19.8. The number of carbonyl (C=O) groups excluding carboxylic acids is 1. The normalized spacial score (nSPS) is 13.6. The van der Waals surface area contributed by atoms with Crippen LogP contribution in [0.1, 0.15) is 35.3 Å². The van der Waals surface area contributed by atoms with Crippen LogP contribution in [0, 0.1) is 0 Å². The first kappa shape index (κ1) is 19.2. The minimum Gasteiger partial charge on any atom is -0.490 e. The second-order valence-electron chi connectivity index (χ2n) is 7.02. The third-order valence-corrected chi connectivity index (χ3v) is 4.46. The quantitative estimate of drug-likeness (QED) is 0.799. The molecule has 1 aliphatic rings. The molecule has 0 saturated carbocycles. The summed E-state index contributed by atoms with van der Waals surface area (Å²) in [6, 6.07) is 9.73. The smallest absolute Gasteiger partial charge is 0.336 e. The number of fused-ring (bicyclic) bond motifs is 1. The lowest BCUT2D eigenvalue weighted by molar-refractivity contribution is -0.117. The number of carboxylic acid groups (broad SMARTS) is 1. The highest BCUT2D eigenvalue weighted by molar-refractivity contribution is 6.30. The fourth-order valence-electron chi connectivity index (χ4n) is 3.00. The summed E-state index contributed by atoms with van der Waals surface area (Å²) in [5, 5.41) is 9.80. The number of ether oxygens (including phenoxy) is 1. The zero-order valence-electron chi connectivity index (χ0n) is 15.0. The number of alkyl halides is 1. The van der Waals surface area contributed by atoms with Crippen molar-refractivity contribution in [1.29, 1.82) is 0 Å². The monoisotopic (exact) mass is 391 g/mol. The number of rotatable bonds is 6. The number of carboxylic acids is 1. The third-order valence-electron chi connectivity index (χ3n) is 4.22. The Bertz CT molecular complexity index is 907. The van der Waals surface area contributed by atoms with Gasteiger partial charge in [-0.2, -0.15) is 0 Å². The van der Waals surface area contributed by atoms with E-state index in [1.807, 2.05) is 0 Å². The lowest BCUT2D eigenvalue weighted by atomic mass is 10.1.